The van der Waals surface area contributed by atoms with Gasteiger partial charge in [0, 0.05) is 17.5 Å². The maximum atomic E-state index is 6.49. The topological polar surface area (TPSA) is 35.2 Å². The van der Waals surface area contributed by atoms with Gasteiger partial charge in [0.25, 0.3) is 0 Å². The van der Waals surface area contributed by atoms with Crippen molar-refractivity contribution in [3.8, 4) is 5.75 Å². The Labute approximate surface area is 126 Å². The van der Waals surface area contributed by atoms with Gasteiger partial charge in [-0.25, -0.2) is 0 Å². The van der Waals surface area contributed by atoms with Crippen LogP contribution in [0.25, 0.3) is 0 Å². The van der Waals surface area contributed by atoms with Crippen molar-refractivity contribution < 1.29 is 4.74 Å². The fraction of sp³-hybridized carbons (Fsp3) is 0.368. The second kappa shape index (κ2) is 5.90. The van der Waals surface area contributed by atoms with Gasteiger partial charge in [0.05, 0.1) is 6.61 Å². The van der Waals surface area contributed by atoms with E-state index in [-0.39, 0.29) is 12.0 Å². The summed E-state index contributed by atoms with van der Waals surface area (Å²) in [7, 11) is 0. The van der Waals surface area contributed by atoms with Crippen LogP contribution in [0.5, 0.6) is 5.75 Å². The average molecular weight is 281 g/mol. The maximum absolute atomic E-state index is 6.49. The lowest BCUT2D eigenvalue weighted by atomic mass is 9.88. The molecule has 2 aromatic rings. The summed E-state index contributed by atoms with van der Waals surface area (Å²) in [6.45, 7) is 5.15. The Bertz CT molecular complexity index is 605. The largest absolute Gasteiger partial charge is 0.493 e. The van der Waals surface area contributed by atoms with Gasteiger partial charge in [0.2, 0.25) is 0 Å². The molecule has 1 aliphatic heterocycles. The fourth-order valence-electron chi connectivity index (χ4n) is 3.00. The van der Waals surface area contributed by atoms with Crippen molar-refractivity contribution in [2.75, 3.05) is 6.61 Å². The van der Waals surface area contributed by atoms with Crippen LogP contribution in [0, 0.1) is 0 Å². The Morgan fingerprint density at radius 2 is 1.76 bits per heavy atom. The normalized spacial score (nSPS) is 19.7. The second-order valence-electron chi connectivity index (χ2n) is 5.96. The van der Waals surface area contributed by atoms with Gasteiger partial charge in [-0.05, 0) is 29.5 Å². The van der Waals surface area contributed by atoms with Crippen LogP contribution < -0.4 is 10.5 Å². The van der Waals surface area contributed by atoms with E-state index in [9.17, 15) is 0 Å². The molecular formula is C19H23NO. The summed E-state index contributed by atoms with van der Waals surface area (Å²) in [6.07, 6.45) is 1.16. The van der Waals surface area contributed by atoms with Crippen LogP contribution in [0.15, 0.2) is 48.5 Å². The molecule has 2 heteroatoms. The van der Waals surface area contributed by atoms with Crippen molar-refractivity contribution in [2.24, 2.45) is 5.73 Å². The van der Waals surface area contributed by atoms with Crippen molar-refractivity contribution in [1.82, 2.24) is 0 Å². The molecule has 0 radical (unpaired) electrons. The summed E-state index contributed by atoms with van der Waals surface area (Å²) in [4.78, 5) is 0. The number of nitrogens with two attached hydrogens (primary N) is 1. The molecule has 2 nitrogen and oxygen atoms in total. The van der Waals surface area contributed by atoms with Gasteiger partial charge < -0.3 is 10.5 Å². The van der Waals surface area contributed by atoms with Crippen LogP contribution in [-0.4, -0.2) is 6.61 Å². The van der Waals surface area contributed by atoms with Gasteiger partial charge in [-0.2, -0.15) is 0 Å². The molecule has 0 bridgehead atoms. The third kappa shape index (κ3) is 2.68. The molecule has 0 saturated heterocycles. The summed E-state index contributed by atoms with van der Waals surface area (Å²) in [6, 6.07) is 17.0. The number of para-hydroxylation sites is 1. The van der Waals surface area contributed by atoms with Gasteiger partial charge in [-0.1, -0.05) is 56.3 Å². The number of benzene rings is 2. The van der Waals surface area contributed by atoms with Crippen LogP contribution in [0.4, 0.5) is 0 Å². The minimum Gasteiger partial charge on any atom is -0.493 e. The van der Waals surface area contributed by atoms with E-state index in [4.69, 9.17) is 10.5 Å². The molecule has 21 heavy (non-hydrogen) atoms. The quantitative estimate of drug-likeness (QED) is 0.902. The predicted octanol–water partition coefficient (Wildman–Crippen LogP) is 4.38. The highest BCUT2D eigenvalue weighted by atomic mass is 16.5. The van der Waals surface area contributed by atoms with Crippen molar-refractivity contribution in [1.29, 1.82) is 0 Å². The zero-order valence-corrected chi connectivity index (χ0v) is 12.8. The van der Waals surface area contributed by atoms with E-state index < -0.39 is 0 Å². The van der Waals surface area contributed by atoms with Crippen molar-refractivity contribution in [3.05, 3.63) is 65.2 Å². The third-order valence-electron chi connectivity index (χ3n) is 4.67. The van der Waals surface area contributed by atoms with Crippen LogP contribution in [0.1, 0.15) is 54.8 Å². The van der Waals surface area contributed by atoms with Gasteiger partial charge in [-0.3, -0.25) is 0 Å². The van der Waals surface area contributed by atoms with Crippen molar-refractivity contribution in [2.45, 2.75) is 38.1 Å². The van der Waals surface area contributed by atoms with E-state index in [1.165, 1.54) is 16.7 Å². The summed E-state index contributed by atoms with van der Waals surface area (Å²) in [5.74, 6) is 1.83. The van der Waals surface area contributed by atoms with Crippen LogP contribution in [-0.2, 0) is 0 Å². The smallest absolute Gasteiger partial charge is 0.122 e. The van der Waals surface area contributed by atoms with Crippen LogP contribution in [0.2, 0.25) is 0 Å². The Morgan fingerprint density at radius 1 is 1.10 bits per heavy atom. The van der Waals surface area contributed by atoms with E-state index >= 15 is 0 Å². The second-order valence-corrected chi connectivity index (χ2v) is 5.96. The molecule has 0 spiro atoms. The predicted molar refractivity (Wildman–Crippen MR) is 86.8 cm³/mol. The minimum absolute atomic E-state index is 0.0142. The first kappa shape index (κ1) is 14.2. The Kier molecular flexibility index (Phi) is 3.98. The highest BCUT2D eigenvalue weighted by Crippen LogP contribution is 2.40. The molecule has 0 aromatic heterocycles. The molecule has 3 unspecified atom stereocenters. The third-order valence-corrected chi connectivity index (χ3v) is 4.67. The van der Waals surface area contributed by atoms with Crippen LogP contribution in [0.3, 0.4) is 0 Å². The zero-order valence-electron chi connectivity index (χ0n) is 12.8. The van der Waals surface area contributed by atoms with Gasteiger partial charge in [0.1, 0.15) is 5.75 Å². The lowest BCUT2D eigenvalue weighted by Crippen LogP contribution is -2.21. The van der Waals surface area contributed by atoms with E-state index in [0.717, 1.165) is 12.2 Å². The molecule has 3 atom stereocenters. The summed E-state index contributed by atoms with van der Waals surface area (Å²) >= 11 is 0. The molecule has 110 valence electrons. The van der Waals surface area contributed by atoms with Crippen molar-refractivity contribution in [3.63, 3.8) is 0 Å². The van der Waals surface area contributed by atoms with Gasteiger partial charge in [0.15, 0.2) is 0 Å². The number of fused-ring (bicyclic) bond motifs is 1. The fourth-order valence-corrected chi connectivity index (χ4v) is 3.00. The molecule has 1 aliphatic rings. The average Bonchev–Trinajstić information content (AvgIpc) is 2.97. The molecule has 0 amide bonds. The monoisotopic (exact) mass is 281 g/mol. The first-order valence-electron chi connectivity index (χ1n) is 7.78. The summed E-state index contributed by atoms with van der Waals surface area (Å²) < 4.78 is 5.75. The van der Waals surface area contributed by atoms with Crippen molar-refractivity contribution >= 4 is 0 Å². The molecule has 0 fully saturated rings. The van der Waals surface area contributed by atoms with E-state index in [1.54, 1.807) is 0 Å². The number of rotatable bonds is 4. The van der Waals surface area contributed by atoms with E-state index in [2.05, 4.69) is 50.2 Å². The Hall–Kier alpha value is -1.80. The maximum Gasteiger partial charge on any atom is 0.122 e. The minimum atomic E-state index is -0.0142. The number of ether oxygens (including phenoxy) is 1. The lowest BCUT2D eigenvalue weighted by Gasteiger charge is -2.19. The number of hydrogen-bond acceptors (Lipinski definition) is 2. The first-order valence-corrected chi connectivity index (χ1v) is 7.78. The molecule has 0 saturated carbocycles. The standard InChI is InChI=1S/C19H23NO/c1-3-13(2)14-8-10-15(11-9-14)19(20)17-12-21-18-7-5-4-6-16(17)18/h4-11,13,17,19H,3,12,20H2,1-2H3. The lowest BCUT2D eigenvalue weighted by molar-refractivity contribution is 0.315. The van der Waals surface area contributed by atoms with Gasteiger partial charge >= 0.3 is 0 Å². The molecular weight excluding hydrogens is 258 g/mol. The molecule has 2 N–H and O–H groups in total. The first-order chi connectivity index (χ1) is 10.2. The Morgan fingerprint density at radius 3 is 2.48 bits per heavy atom. The Balaban J connectivity index is 1.81. The molecule has 3 rings (SSSR count). The zero-order chi connectivity index (χ0) is 14.8. The highest BCUT2D eigenvalue weighted by Gasteiger charge is 2.29. The number of hydrogen-bond donors (Lipinski definition) is 1. The van der Waals surface area contributed by atoms with E-state index in [0.29, 0.717) is 12.5 Å². The SMILES string of the molecule is CCC(C)c1ccc(C(N)C2COc3ccccc32)cc1. The molecule has 0 aliphatic carbocycles. The highest BCUT2D eigenvalue weighted by molar-refractivity contribution is 5.42. The van der Waals surface area contributed by atoms with E-state index in [1.807, 2.05) is 12.1 Å². The summed E-state index contributed by atoms with van der Waals surface area (Å²) in [5, 5.41) is 0. The molecule has 2 aromatic carbocycles. The summed E-state index contributed by atoms with van der Waals surface area (Å²) in [5.41, 5.74) is 10.3. The molecule has 1 heterocycles. The van der Waals surface area contributed by atoms with Crippen LogP contribution >= 0.6 is 0 Å². The van der Waals surface area contributed by atoms with Gasteiger partial charge in [-0.15, -0.1) is 0 Å².